The molecule has 1 unspecified atom stereocenters. The van der Waals surface area contributed by atoms with Crippen molar-refractivity contribution < 1.29 is 32.6 Å². The molecule has 0 saturated heterocycles. The molecule has 0 aliphatic heterocycles. The van der Waals surface area contributed by atoms with Gasteiger partial charge in [0.15, 0.2) is 0 Å². The summed E-state index contributed by atoms with van der Waals surface area (Å²) in [7, 11) is 0. The van der Waals surface area contributed by atoms with Crippen molar-refractivity contribution in [2.45, 2.75) is 32.7 Å². The fourth-order valence-electron chi connectivity index (χ4n) is 3.37. The summed E-state index contributed by atoms with van der Waals surface area (Å²) in [6.07, 6.45) is 1.00. The number of carbonyl (C=O) groups excluding carboxylic acids is 1. The Morgan fingerprint density at radius 3 is 2.29 bits per heavy atom. The Morgan fingerprint density at radius 1 is 1.06 bits per heavy atom. The van der Waals surface area contributed by atoms with E-state index in [-0.39, 0.29) is 17.9 Å². The molecular formula is C26H22F3NO4. The van der Waals surface area contributed by atoms with Crippen molar-refractivity contribution in [3.63, 3.8) is 0 Å². The minimum Gasteiger partial charge on any atom is -0.487 e. The lowest BCUT2D eigenvalue weighted by molar-refractivity contribution is -0.141. The van der Waals surface area contributed by atoms with Gasteiger partial charge in [0.1, 0.15) is 18.4 Å². The normalized spacial score (nSPS) is 12.6. The van der Waals surface area contributed by atoms with Crippen LogP contribution in [0.1, 0.15) is 35.3 Å². The third-order valence-corrected chi connectivity index (χ3v) is 5.40. The number of amides is 1. The molecule has 176 valence electrons. The zero-order valence-electron chi connectivity index (χ0n) is 18.4. The van der Waals surface area contributed by atoms with E-state index in [0.29, 0.717) is 10.9 Å². The van der Waals surface area contributed by atoms with Gasteiger partial charge in [-0.15, -0.1) is 6.42 Å². The molecule has 0 aliphatic rings. The first-order chi connectivity index (χ1) is 15.9. The summed E-state index contributed by atoms with van der Waals surface area (Å²) in [5, 5.41) is 13.4. The van der Waals surface area contributed by atoms with E-state index in [9.17, 15) is 27.9 Å². The van der Waals surface area contributed by atoms with Gasteiger partial charge in [-0.1, -0.05) is 48.4 Å². The number of nitrogens with one attached hydrogen (secondary N) is 1. The number of terminal acetylenes is 1. The van der Waals surface area contributed by atoms with E-state index in [1.54, 1.807) is 24.3 Å². The summed E-state index contributed by atoms with van der Waals surface area (Å²) in [5.41, 5.74) is -1.41. The lowest BCUT2D eigenvalue weighted by atomic mass is 9.85. The van der Waals surface area contributed by atoms with Crippen molar-refractivity contribution in [2.75, 3.05) is 0 Å². The molecule has 0 radical (unpaired) electrons. The number of fused-ring (bicyclic) bond motifs is 1. The van der Waals surface area contributed by atoms with Crippen LogP contribution in [-0.4, -0.2) is 23.0 Å². The van der Waals surface area contributed by atoms with Gasteiger partial charge in [0.2, 0.25) is 0 Å². The second-order valence-corrected chi connectivity index (χ2v) is 8.26. The third kappa shape index (κ3) is 5.31. The number of carboxylic acid groups (broad SMARTS) is 1. The number of rotatable bonds is 7. The van der Waals surface area contributed by atoms with Crippen LogP contribution in [0.3, 0.4) is 0 Å². The van der Waals surface area contributed by atoms with Crippen LogP contribution in [0.2, 0.25) is 0 Å². The van der Waals surface area contributed by atoms with Gasteiger partial charge in [-0.2, -0.15) is 13.2 Å². The predicted molar refractivity (Wildman–Crippen MR) is 121 cm³/mol. The van der Waals surface area contributed by atoms with E-state index < -0.39 is 35.1 Å². The van der Waals surface area contributed by atoms with E-state index in [2.05, 4.69) is 11.2 Å². The molecule has 1 amide bonds. The van der Waals surface area contributed by atoms with Crippen molar-refractivity contribution in [1.82, 2.24) is 5.32 Å². The molecule has 3 aromatic rings. The number of alkyl halides is 3. The first-order valence-electron chi connectivity index (χ1n) is 10.3. The molecule has 0 fully saturated rings. The number of hydrogen-bond acceptors (Lipinski definition) is 3. The quantitative estimate of drug-likeness (QED) is 0.462. The van der Waals surface area contributed by atoms with Gasteiger partial charge < -0.3 is 15.2 Å². The van der Waals surface area contributed by atoms with Crippen LogP contribution in [0.25, 0.3) is 10.8 Å². The number of ether oxygens (including phenoxy) is 1. The first-order valence-corrected chi connectivity index (χ1v) is 10.3. The summed E-state index contributed by atoms with van der Waals surface area (Å²) in [6.45, 7) is 2.94. The van der Waals surface area contributed by atoms with E-state index in [4.69, 9.17) is 11.2 Å². The Hall–Kier alpha value is -3.99. The Labute approximate surface area is 194 Å². The summed E-state index contributed by atoms with van der Waals surface area (Å²) in [4.78, 5) is 24.9. The standard InChI is InChI=1S/C26H22F3NO4/c1-4-25(2,3)22(24(32)33)30-23(31)20-14-11-17-7-5-6-8-19(17)21(20)34-15-16-9-12-18(13-10-16)26(27,28)29/h1,5-14,22H,15H2,2-3H3,(H,30,31)(H,32,33). The molecule has 0 spiro atoms. The molecule has 3 aromatic carbocycles. The monoisotopic (exact) mass is 469 g/mol. The fraction of sp³-hybridized carbons (Fsp3) is 0.231. The maximum absolute atomic E-state index is 13.1. The Kier molecular flexibility index (Phi) is 6.87. The molecule has 0 bridgehead atoms. The molecule has 5 nitrogen and oxygen atoms in total. The molecule has 0 heterocycles. The van der Waals surface area contributed by atoms with Gasteiger partial charge in [-0.05, 0) is 43.0 Å². The lowest BCUT2D eigenvalue weighted by Crippen LogP contribution is -2.49. The van der Waals surface area contributed by atoms with Crippen LogP contribution in [0.4, 0.5) is 13.2 Å². The lowest BCUT2D eigenvalue weighted by Gasteiger charge is -2.27. The Morgan fingerprint density at radius 2 is 1.71 bits per heavy atom. The first kappa shape index (κ1) is 24.6. The molecule has 0 aromatic heterocycles. The number of benzene rings is 3. The zero-order chi connectivity index (χ0) is 25.1. The molecule has 8 heteroatoms. The topological polar surface area (TPSA) is 75.6 Å². The molecule has 34 heavy (non-hydrogen) atoms. The van der Waals surface area contributed by atoms with E-state index in [1.165, 1.54) is 32.0 Å². The predicted octanol–water partition coefficient (Wildman–Crippen LogP) is 5.28. The maximum Gasteiger partial charge on any atom is 0.416 e. The summed E-state index contributed by atoms with van der Waals surface area (Å²) >= 11 is 0. The van der Waals surface area contributed by atoms with Crippen molar-refractivity contribution in [3.05, 3.63) is 77.4 Å². The molecule has 1 atom stereocenters. The second kappa shape index (κ2) is 9.48. The minimum absolute atomic E-state index is 0.0738. The van der Waals surface area contributed by atoms with Gasteiger partial charge >= 0.3 is 12.1 Å². The van der Waals surface area contributed by atoms with Gasteiger partial charge in [-0.3, -0.25) is 4.79 Å². The van der Waals surface area contributed by atoms with Crippen molar-refractivity contribution in [2.24, 2.45) is 5.41 Å². The molecule has 2 N–H and O–H groups in total. The van der Waals surface area contributed by atoms with Crippen molar-refractivity contribution in [3.8, 4) is 18.1 Å². The number of carbonyl (C=O) groups is 2. The van der Waals surface area contributed by atoms with Crippen molar-refractivity contribution in [1.29, 1.82) is 0 Å². The smallest absolute Gasteiger partial charge is 0.416 e. The highest BCUT2D eigenvalue weighted by Crippen LogP contribution is 2.32. The number of hydrogen-bond donors (Lipinski definition) is 2. The van der Waals surface area contributed by atoms with Crippen LogP contribution < -0.4 is 10.1 Å². The molecular weight excluding hydrogens is 447 g/mol. The molecule has 3 rings (SSSR count). The average Bonchev–Trinajstić information content (AvgIpc) is 2.80. The third-order valence-electron chi connectivity index (χ3n) is 5.40. The van der Waals surface area contributed by atoms with Crippen molar-refractivity contribution >= 4 is 22.6 Å². The second-order valence-electron chi connectivity index (χ2n) is 8.26. The minimum atomic E-state index is -4.45. The van der Waals surface area contributed by atoms with Crippen LogP contribution in [0.15, 0.2) is 60.7 Å². The Balaban J connectivity index is 1.95. The van der Waals surface area contributed by atoms with E-state index in [0.717, 1.165) is 17.5 Å². The number of aliphatic carboxylic acids is 1. The molecule has 0 aliphatic carbocycles. The van der Waals surface area contributed by atoms with Gasteiger partial charge in [-0.25, -0.2) is 4.79 Å². The maximum atomic E-state index is 13.1. The van der Waals surface area contributed by atoms with Gasteiger partial charge in [0, 0.05) is 5.39 Å². The van der Waals surface area contributed by atoms with E-state index in [1.807, 2.05) is 6.07 Å². The fourth-order valence-corrected chi connectivity index (χ4v) is 3.37. The highest BCUT2D eigenvalue weighted by Gasteiger charge is 2.36. The van der Waals surface area contributed by atoms with Crippen LogP contribution in [0, 0.1) is 17.8 Å². The summed E-state index contributed by atoms with van der Waals surface area (Å²) in [6, 6.07) is 13.4. The zero-order valence-corrected chi connectivity index (χ0v) is 18.4. The van der Waals surface area contributed by atoms with Crippen LogP contribution in [0.5, 0.6) is 5.75 Å². The number of carboxylic acids is 1. The van der Waals surface area contributed by atoms with E-state index >= 15 is 0 Å². The molecule has 0 saturated carbocycles. The largest absolute Gasteiger partial charge is 0.487 e. The highest BCUT2D eigenvalue weighted by molar-refractivity contribution is 6.05. The van der Waals surface area contributed by atoms with Gasteiger partial charge in [0.05, 0.1) is 16.5 Å². The highest BCUT2D eigenvalue weighted by atomic mass is 19.4. The summed E-state index contributed by atoms with van der Waals surface area (Å²) < 4.78 is 44.4. The van der Waals surface area contributed by atoms with Crippen LogP contribution in [-0.2, 0) is 17.6 Å². The number of halogens is 3. The Bertz CT molecular complexity index is 1260. The average molecular weight is 469 g/mol. The summed E-state index contributed by atoms with van der Waals surface area (Å²) in [5.74, 6) is 0.565. The van der Waals surface area contributed by atoms with Gasteiger partial charge in [0.25, 0.3) is 5.91 Å². The SMILES string of the molecule is C#CC(C)(C)C(NC(=O)c1ccc2ccccc2c1OCc1ccc(C(F)(F)F)cc1)C(=O)O. The van der Waals surface area contributed by atoms with Crippen LogP contribution >= 0.6 is 0 Å².